The maximum atomic E-state index is 12.4. The molecule has 9 heteroatoms. The average molecular weight is 416 g/mol. The molecule has 0 aromatic heterocycles. The Morgan fingerprint density at radius 1 is 0.963 bits per heavy atom. The third kappa shape index (κ3) is 5.89. The zero-order chi connectivity index (χ0) is 19.3. The summed E-state index contributed by atoms with van der Waals surface area (Å²) in [7, 11) is -3.32. The molecule has 27 heavy (non-hydrogen) atoms. The van der Waals surface area contributed by atoms with Gasteiger partial charge in [0.1, 0.15) is 0 Å². The Morgan fingerprint density at radius 3 is 2.22 bits per heavy atom. The number of benzene rings is 1. The summed E-state index contributed by atoms with van der Waals surface area (Å²) in [6, 6.07) is 6.26. The second-order valence-corrected chi connectivity index (χ2v) is 9.43. The number of sulfone groups is 1. The summed E-state index contributed by atoms with van der Waals surface area (Å²) in [6.07, 6.45) is 0. The van der Waals surface area contributed by atoms with E-state index >= 15 is 0 Å². The van der Waals surface area contributed by atoms with E-state index in [-0.39, 0.29) is 11.7 Å². The number of hydrogen-bond acceptors (Lipinski definition) is 6. The highest BCUT2D eigenvalue weighted by Crippen LogP contribution is 2.16. The van der Waals surface area contributed by atoms with Crippen molar-refractivity contribution in [2.75, 3.05) is 71.3 Å². The Kier molecular flexibility index (Phi) is 7.10. The van der Waals surface area contributed by atoms with Crippen LogP contribution in [-0.4, -0.2) is 100 Å². The molecule has 2 aliphatic rings. The van der Waals surface area contributed by atoms with Crippen molar-refractivity contribution in [2.45, 2.75) is 4.90 Å². The van der Waals surface area contributed by atoms with Gasteiger partial charge in [-0.15, -0.1) is 0 Å². The van der Waals surface area contributed by atoms with E-state index in [4.69, 9.17) is 16.3 Å². The van der Waals surface area contributed by atoms with Gasteiger partial charge in [-0.3, -0.25) is 14.6 Å². The van der Waals surface area contributed by atoms with Gasteiger partial charge in [0.15, 0.2) is 9.84 Å². The van der Waals surface area contributed by atoms with Crippen LogP contribution in [0.25, 0.3) is 0 Å². The van der Waals surface area contributed by atoms with Gasteiger partial charge in [0.2, 0.25) is 5.91 Å². The minimum Gasteiger partial charge on any atom is -0.379 e. The maximum Gasteiger partial charge on any atom is 0.236 e. The molecule has 3 rings (SSSR count). The molecule has 0 atom stereocenters. The van der Waals surface area contributed by atoms with Gasteiger partial charge in [-0.1, -0.05) is 11.6 Å². The minimum absolute atomic E-state index is 0.0658. The second-order valence-electron chi connectivity index (χ2n) is 6.88. The number of rotatable bonds is 6. The average Bonchev–Trinajstić information content (AvgIpc) is 2.68. The minimum atomic E-state index is -3.32. The fourth-order valence-corrected chi connectivity index (χ4v) is 4.69. The first-order valence-electron chi connectivity index (χ1n) is 9.22. The lowest BCUT2D eigenvalue weighted by Gasteiger charge is -2.36. The largest absolute Gasteiger partial charge is 0.379 e. The van der Waals surface area contributed by atoms with Gasteiger partial charge in [-0.25, -0.2) is 8.42 Å². The van der Waals surface area contributed by atoms with Crippen LogP contribution in [0.1, 0.15) is 0 Å². The van der Waals surface area contributed by atoms with Crippen molar-refractivity contribution in [3.05, 3.63) is 29.3 Å². The van der Waals surface area contributed by atoms with Crippen molar-refractivity contribution >= 4 is 27.3 Å². The predicted molar refractivity (Wildman–Crippen MR) is 104 cm³/mol. The van der Waals surface area contributed by atoms with Crippen molar-refractivity contribution in [3.8, 4) is 0 Å². The normalized spacial score (nSPS) is 20.0. The number of carbonyl (C=O) groups excluding carboxylic acids is 1. The van der Waals surface area contributed by atoms with Crippen LogP contribution in [0.4, 0.5) is 0 Å². The van der Waals surface area contributed by atoms with Crippen LogP contribution in [0.3, 0.4) is 0 Å². The molecular formula is C18H26ClN3O4S. The first kappa shape index (κ1) is 20.5. The fraction of sp³-hybridized carbons (Fsp3) is 0.611. The van der Waals surface area contributed by atoms with Crippen LogP contribution in [0.15, 0.2) is 29.2 Å². The van der Waals surface area contributed by atoms with Gasteiger partial charge in [0.05, 0.1) is 30.4 Å². The van der Waals surface area contributed by atoms with Crippen LogP contribution in [0.2, 0.25) is 5.02 Å². The van der Waals surface area contributed by atoms with Crippen LogP contribution < -0.4 is 0 Å². The molecule has 0 unspecified atom stereocenters. The number of hydrogen-bond donors (Lipinski definition) is 0. The van der Waals surface area contributed by atoms with Gasteiger partial charge < -0.3 is 9.64 Å². The van der Waals surface area contributed by atoms with Crippen LogP contribution >= 0.6 is 11.6 Å². The Labute approximate surface area is 165 Å². The first-order valence-corrected chi connectivity index (χ1v) is 11.3. The fourth-order valence-electron chi connectivity index (χ4n) is 3.28. The lowest BCUT2D eigenvalue weighted by molar-refractivity contribution is -0.135. The number of carbonyl (C=O) groups is 1. The molecular weight excluding hydrogens is 390 g/mol. The summed E-state index contributed by atoms with van der Waals surface area (Å²) < 4.78 is 30.2. The molecule has 0 radical (unpaired) electrons. The lowest BCUT2D eigenvalue weighted by atomic mass is 10.3. The Balaban J connectivity index is 1.42. The van der Waals surface area contributed by atoms with Gasteiger partial charge in [0, 0.05) is 50.8 Å². The van der Waals surface area contributed by atoms with E-state index in [1.165, 1.54) is 0 Å². The molecule has 2 aliphatic heterocycles. The summed E-state index contributed by atoms with van der Waals surface area (Å²) in [4.78, 5) is 18.8. The Morgan fingerprint density at radius 2 is 1.59 bits per heavy atom. The van der Waals surface area contributed by atoms with Crippen LogP contribution in [0, 0.1) is 0 Å². The molecule has 2 heterocycles. The number of morpholine rings is 1. The maximum absolute atomic E-state index is 12.4. The van der Waals surface area contributed by atoms with E-state index in [2.05, 4.69) is 9.80 Å². The molecule has 2 saturated heterocycles. The molecule has 2 fully saturated rings. The highest BCUT2D eigenvalue weighted by Gasteiger charge is 2.24. The van der Waals surface area contributed by atoms with E-state index in [9.17, 15) is 13.2 Å². The highest BCUT2D eigenvalue weighted by molar-refractivity contribution is 7.91. The van der Waals surface area contributed by atoms with Crippen molar-refractivity contribution in [2.24, 2.45) is 0 Å². The van der Waals surface area contributed by atoms with Gasteiger partial charge in [0.25, 0.3) is 0 Å². The van der Waals surface area contributed by atoms with Gasteiger partial charge >= 0.3 is 0 Å². The summed E-state index contributed by atoms with van der Waals surface area (Å²) in [5.41, 5.74) is 0. The van der Waals surface area contributed by atoms with Crippen LogP contribution in [-0.2, 0) is 19.4 Å². The molecule has 0 aliphatic carbocycles. The summed E-state index contributed by atoms with van der Waals surface area (Å²) in [6.45, 7) is 6.56. The number of piperazine rings is 1. The molecule has 1 aromatic rings. The summed E-state index contributed by atoms with van der Waals surface area (Å²) in [5.74, 6) is 0.210. The third-order valence-corrected chi connectivity index (χ3v) is 7.00. The zero-order valence-electron chi connectivity index (χ0n) is 15.3. The number of halogens is 1. The molecule has 1 aromatic carbocycles. The number of nitrogens with zero attached hydrogens (tertiary/aromatic N) is 3. The van der Waals surface area contributed by atoms with Crippen molar-refractivity contribution in [1.29, 1.82) is 0 Å². The molecule has 0 bridgehead atoms. The van der Waals surface area contributed by atoms with Crippen LogP contribution in [0.5, 0.6) is 0 Å². The monoisotopic (exact) mass is 415 g/mol. The SMILES string of the molecule is O=C(CN1CCOCC1)N1CCN(CCS(=O)(=O)c2ccc(Cl)cc2)CC1. The van der Waals surface area contributed by atoms with Gasteiger partial charge in [-0.2, -0.15) is 0 Å². The smallest absolute Gasteiger partial charge is 0.236 e. The molecule has 150 valence electrons. The highest BCUT2D eigenvalue weighted by atomic mass is 35.5. The third-order valence-electron chi connectivity index (χ3n) is 5.04. The Hall–Kier alpha value is -1.19. The first-order chi connectivity index (χ1) is 12.9. The van der Waals surface area contributed by atoms with E-state index in [1.54, 1.807) is 24.3 Å². The molecule has 1 amide bonds. The zero-order valence-corrected chi connectivity index (χ0v) is 16.9. The van der Waals surface area contributed by atoms with Crippen molar-refractivity contribution in [1.82, 2.24) is 14.7 Å². The molecule has 0 N–H and O–H groups in total. The quantitative estimate of drug-likeness (QED) is 0.677. The standard InChI is InChI=1S/C18H26ClN3O4S/c19-16-1-3-17(4-2-16)27(24,25)14-11-20-5-7-22(8-6-20)18(23)15-21-9-12-26-13-10-21/h1-4H,5-15H2. The van der Waals surface area contributed by atoms with E-state index in [1.807, 2.05) is 4.90 Å². The second kappa shape index (κ2) is 9.34. The summed E-state index contributed by atoms with van der Waals surface area (Å²) >= 11 is 5.82. The predicted octanol–water partition coefficient (Wildman–Crippen LogP) is 0.590. The van der Waals surface area contributed by atoms with Crippen molar-refractivity contribution in [3.63, 3.8) is 0 Å². The van der Waals surface area contributed by atoms with Gasteiger partial charge in [-0.05, 0) is 24.3 Å². The van der Waals surface area contributed by atoms with E-state index in [0.29, 0.717) is 62.4 Å². The number of amides is 1. The topological polar surface area (TPSA) is 70.2 Å². The Bertz CT molecular complexity index is 727. The lowest BCUT2D eigenvalue weighted by Crippen LogP contribution is -2.52. The molecule has 7 nitrogen and oxygen atoms in total. The molecule has 0 saturated carbocycles. The van der Waals surface area contributed by atoms with Crippen molar-refractivity contribution < 1.29 is 17.9 Å². The van der Waals surface area contributed by atoms with E-state index < -0.39 is 9.84 Å². The number of ether oxygens (including phenoxy) is 1. The van der Waals surface area contributed by atoms with E-state index in [0.717, 1.165) is 13.1 Å². The summed E-state index contributed by atoms with van der Waals surface area (Å²) in [5, 5.41) is 0.520. The molecule has 0 spiro atoms.